The fraction of sp³-hybridized carbons (Fsp3) is 0.250. The zero-order valence-corrected chi connectivity index (χ0v) is 8.49. The highest BCUT2D eigenvalue weighted by Gasteiger charge is 2.21. The molecule has 0 aliphatic carbocycles. The van der Waals surface area contributed by atoms with E-state index in [4.69, 9.17) is 9.84 Å². The number of rotatable bonds is 1. The average molecular weight is 204 g/mol. The summed E-state index contributed by atoms with van der Waals surface area (Å²) in [5, 5.41) is 9.07. The van der Waals surface area contributed by atoms with Gasteiger partial charge in [0, 0.05) is 12.0 Å². The van der Waals surface area contributed by atoms with E-state index in [9.17, 15) is 4.79 Å². The number of carbonyl (C=O) groups is 1. The zero-order valence-electron chi connectivity index (χ0n) is 8.49. The summed E-state index contributed by atoms with van der Waals surface area (Å²) < 4.78 is 5.44. The number of carboxylic acid groups (broad SMARTS) is 1. The number of fused-ring (bicyclic) bond motifs is 1. The van der Waals surface area contributed by atoms with E-state index in [0.29, 0.717) is 17.9 Å². The fourth-order valence-electron chi connectivity index (χ4n) is 1.85. The molecule has 3 heteroatoms. The summed E-state index contributed by atoms with van der Waals surface area (Å²) in [6.07, 6.45) is 2.72. The van der Waals surface area contributed by atoms with E-state index in [2.05, 4.69) is 0 Å². The Hall–Kier alpha value is -1.77. The Morgan fingerprint density at radius 3 is 3.00 bits per heavy atom. The molecule has 0 fully saturated rings. The fourth-order valence-corrected chi connectivity index (χ4v) is 1.85. The van der Waals surface area contributed by atoms with E-state index in [1.54, 1.807) is 12.1 Å². The van der Waals surface area contributed by atoms with Crippen LogP contribution in [0.25, 0.3) is 5.57 Å². The number of ether oxygens (including phenoxy) is 1. The Labute approximate surface area is 88.0 Å². The lowest BCUT2D eigenvalue weighted by molar-refractivity contribution is 0.0695. The number of carboxylic acids is 1. The standard InChI is InChI=1S/C12H12O3/c1-2-8-6-7-15-10-5-3-4-9(11(8)10)12(13)14/h2-5H,6-7H2,1H3,(H,13,14)/b8-2+. The van der Waals surface area contributed by atoms with Crippen molar-refractivity contribution in [3.63, 3.8) is 0 Å². The van der Waals surface area contributed by atoms with Crippen LogP contribution in [0.15, 0.2) is 24.3 Å². The highest BCUT2D eigenvalue weighted by atomic mass is 16.5. The second kappa shape index (κ2) is 3.77. The molecule has 0 aromatic heterocycles. The van der Waals surface area contributed by atoms with Crippen molar-refractivity contribution >= 4 is 11.5 Å². The van der Waals surface area contributed by atoms with Gasteiger partial charge in [-0.05, 0) is 24.6 Å². The molecule has 0 spiro atoms. The molecule has 0 unspecified atom stereocenters. The first-order valence-corrected chi connectivity index (χ1v) is 4.88. The summed E-state index contributed by atoms with van der Waals surface area (Å²) in [6, 6.07) is 5.13. The maximum Gasteiger partial charge on any atom is 0.336 e. The first-order chi connectivity index (χ1) is 7.24. The van der Waals surface area contributed by atoms with Gasteiger partial charge in [0.25, 0.3) is 0 Å². The summed E-state index contributed by atoms with van der Waals surface area (Å²) in [5.74, 6) is -0.231. The van der Waals surface area contributed by atoms with Crippen molar-refractivity contribution < 1.29 is 14.6 Å². The number of benzene rings is 1. The van der Waals surface area contributed by atoms with Gasteiger partial charge < -0.3 is 9.84 Å². The maximum atomic E-state index is 11.1. The largest absolute Gasteiger partial charge is 0.493 e. The van der Waals surface area contributed by atoms with E-state index in [0.717, 1.165) is 17.6 Å². The lowest BCUT2D eigenvalue weighted by atomic mass is 9.94. The van der Waals surface area contributed by atoms with Crippen molar-refractivity contribution in [1.82, 2.24) is 0 Å². The van der Waals surface area contributed by atoms with E-state index in [1.165, 1.54) is 0 Å². The Morgan fingerprint density at radius 1 is 1.53 bits per heavy atom. The van der Waals surface area contributed by atoms with Crippen molar-refractivity contribution in [3.05, 3.63) is 35.4 Å². The number of hydrogen-bond acceptors (Lipinski definition) is 2. The predicted octanol–water partition coefficient (Wildman–Crippen LogP) is 2.57. The quantitative estimate of drug-likeness (QED) is 0.764. The first-order valence-electron chi connectivity index (χ1n) is 4.88. The van der Waals surface area contributed by atoms with Crippen LogP contribution in [0.5, 0.6) is 5.75 Å². The summed E-state index contributed by atoms with van der Waals surface area (Å²) in [4.78, 5) is 11.1. The van der Waals surface area contributed by atoms with Gasteiger partial charge in [-0.25, -0.2) is 4.79 Å². The van der Waals surface area contributed by atoms with Crippen LogP contribution >= 0.6 is 0 Å². The van der Waals surface area contributed by atoms with Crippen molar-refractivity contribution in [2.75, 3.05) is 6.61 Å². The summed E-state index contributed by atoms with van der Waals surface area (Å²) in [5.41, 5.74) is 2.10. The minimum atomic E-state index is -0.906. The van der Waals surface area contributed by atoms with Gasteiger partial charge in [-0.2, -0.15) is 0 Å². The summed E-state index contributed by atoms with van der Waals surface area (Å²) in [7, 11) is 0. The zero-order chi connectivity index (χ0) is 10.8. The van der Waals surface area contributed by atoms with Crippen molar-refractivity contribution in [2.45, 2.75) is 13.3 Å². The van der Waals surface area contributed by atoms with Gasteiger partial charge in [-0.1, -0.05) is 12.1 Å². The molecular weight excluding hydrogens is 192 g/mol. The van der Waals surface area contributed by atoms with Crippen LogP contribution in [0.2, 0.25) is 0 Å². The molecule has 1 aromatic carbocycles. The highest BCUT2D eigenvalue weighted by Crippen LogP contribution is 2.35. The van der Waals surface area contributed by atoms with Gasteiger partial charge in [0.2, 0.25) is 0 Å². The van der Waals surface area contributed by atoms with Gasteiger partial charge in [0.1, 0.15) is 5.75 Å². The predicted molar refractivity (Wildman–Crippen MR) is 57.2 cm³/mol. The monoisotopic (exact) mass is 204 g/mol. The van der Waals surface area contributed by atoms with Crippen LogP contribution in [0.4, 0.5) is 0 Å². The van der Waals surface area contributed by atoms with Crippen molar-refractivity contribution in [2.24, 2.45) is 0 Å². The molecule has 1 N–H and O–H groups in total. The Bertz CT molecular complexity index is 432. The third kappa shape index (κ3) is 1.61. The normalized spacial score (nSPS) is 17.0. The second-order valence-corrected chi connectivity index (χ2v) is 3.40. The first kappa shape index (κ1) is 9.77. The molecule has 0 saturated heterocycles. The van der Waals surface area contributed by atoms with Gasteiger partial charge in [-0.3, -0.25) is 0 Å². The third-order valence-corrected chi connectivity index (χ3v) is 2.56. The van der Waals surface area contributed by atoms with Crippen LogP contribution in [0, 0.1) is 0 Å². The van der Waals surface area contributed by atoms with E-state index >= 15 is 0 Å². The third-order valence-electron chi connectivity index (χ3n) is 2.56. The molecule has 0 saturated carbocycles. The molecule has 3 nitrogen and oxygen atoms in total. The van der Waals surface area contributed by atoms with E-state index < -0.39 is 5.97 Å². The molecular formula is C12H12O3. The van der Waals surface area contributed by atoms with Gasteiger partial charge in [0.05, 0.1) is 12.2 Å². The van der Waals surface area contributed by atoms with Crippen molar-refractivity contribution in [3.8, 4) is 5.75 Å². The number of allylic oxidation sites excluding steroid dienone is 1. The minimum absolute atomic E-state index is 0.320. The van der Waals surface area contributed by atoms with Crippen LogP contribution in [-0.4, -0.2) is 17.7 Å². The average Bonchev–Trinajstić information content (AvgIpc) is 2.27. The topological polar surface area (TPSA) is 46.5 Å². The molecule has 1 heterocycles. The molecule has 1 aliphatic heterocycles. The van der Waals surface area contributed by atoms with Gasteiger partial charge >= 0.3 is 5.97 Å². The number of hydrogen-bond donors (Lipinski definition) is 1. The Morgan fingerprint density at radius 2 is 2.33 bits per heavy atom. The lowest BCUT2D eigenvalue weighted by Gasteiger charge is -2.21. The van der Waals surface area contributed by atoms with Crippen LogP contribution in [-0.2, 0) is 0 Å². The molecule has 15 heavy (non-hydrogen) atoms. The maximum absolute atomic E-state index is 11.1. The molecule has 0 bridgehead atoms. The second-order valence-electron chi connectivity index (χ2n) is 3.40. The summed E-state index contributed by atoms with van der Waals surface area (Å²) in [6.45, 7) is 2.54. The number of aromatic carboxylic acids is 1. The van der Waals surface area contributed by atoms with Gasteiger partial charge in [-0.15, -0.1) is 0 Å². The molecule has 78 valence electrons. The van der Waals surface area contributed by atoms with Crippen molar-refractivity contribution in [1.29, 1.82) is 0 Å². The molecule has 1 aromatic rings. The van der Waals surface area contributed by atoms with E-state index in [-0.39, 0.29) is 0 Å². The van der Waals surface area contributed by atoms with Crippen LogP contribution < -0.4 is 4.74 Å². The van der Waals surface area contributed by atoms with Crippen LogP contribution in [0.1, 0.15) is 29.3 Å². The minimum Gasteiger partial charge on any atom is -0.493 e. The lowest BCUT2D eigenvalue weighted by Crippen LogP contribution is -2.12. The Kier molecular flexibility index (Phi) is 2.46. The Balaban J connectivity index is 2.65. The highest BCUT2D eigenvalue weighted by molar-refractivity contribution is 5.96. The van der Waals surface area contributed by atoms with E-state index in [1.807, 2.05) is 19.1 Å². The van der Waals surface area contributed by atoms with Crippen LogP contribution in [0.3, 0.4) is 0 Å². The SMILES string of the molecule is C/C=C1\CCOc2cccc(C(=O)O)c21. The van der Waals surface area contributed by atoms with Gasteiger partial charge in [0.15, 0.2) is 0 Å². The molecule has 1 aliphatic rings. The smallest absolute Gasteiger partial charge is 0.336 e. The molecule has 0 amide bonds. The molecule has 0 atom stereocenters. The summed E-state index contributed by atoms with van der Waals surface area (Å²) >= 11 is 0. The molecule has 0 radical (unpaired) electrons. The molecule has 2 rings (SSSR count).